The first-order valence-electron chi connectivity index (χ1n) is 5.54. The predicted molar refractivity (Wildman–Crippen MR) is 70.0 cm³/mol. The summed E-state index contributed by atoms with van der Waals surface area (Å²) < 4.78 is 73.1. The maximum atomic E-state index is 12.6. The van der Waals surface area contributed by atoms with E-state index >= 15 is 0 Å². The summed E-state index contributed by atoms with van der Waals surface area (Å²) in [6, 6.07) is 3.60. The number of benzene rings is 1. The van der Waals surface area contributed by atoms with E-state index in [2.05, 4.69) is 4.74 Å². The summed E-state index contributed by atoms with van der Waals surface area (Å²) in [6.07, 6.45) is -4.64. The molecule has 1 unspecified atom stereocenters. The van der Waals surface area contributed by atoms with Crippen molar-refractivity contribution in [2.24, 2.45) is 0 Å². The fourth-order valence-corrected chi connectivity index (χ4v) is 3.39. The number of carbonyl (C=O) groups is 1. The van der Waals surface area contributed by atoms with Gasteiger partial charge in [0.2, 0.25) is 0 Å². The van der Waals surface area contributed by atoms with Gasteiger partial charge in [-0.15, -0.1) is 0 Å². The van der Waals surface area contributed by atoms with Gasteiger partial charge < -0.3 is 4.74 Å². The highest BCUT2D eigenvalue weighted by Gasteiger charge is 2.33. The molecule has 0 saturated carbocycles. The molecule has 1 aromatic rings. The van der Waals surface area contributed by atoms with Crippen molar-refractivity contribution in [1.29, 1.82) is 0 Å². The van der Waals surface area contributed by atoms with E-state index in [1.807, 2.05) is 0 Å². The summed E-state index contributed by atoms with van der Waals surface area (Å²) in [5, 5.41) is -1.61. The van der Waals surface area contributed by atoms with Gasteiger partial charge in [-0.25, -0.2) is 0 Å². The first-order chi connectivity index (χ1) is 9.54. The molecular formula is C11H11F3O5S2. The molecule has 0 fully saturated rings. The lowest BCUT2D eigenvalue weighted by Gasteiger charge is -2.15. The maximum absolute atomic E-state index is 12.6. The lowest BCUT2D eigenvalue weighted by Crippen LogP contribution is -2.16. The van der Waals surface area contributed by atoms with Crippen molar-refractivity contribution < 1.29 is 35.7 Å². The topological polar surface area (TPSA) is 80.7 Å². The van der Waals surface area contributed by atoms with Gasteiger partial charge in [0.25, 0.3) is 0 Å². The number of alkyl halides is 3. The molecular weight excluding hydrogens is 333 g/mol. The molecule has 1 atom stereocenters. The molecule has 0 saturated heterocycles. The molecule has 0 aliphatic heterocycles. The minimum absolute atomic E-state index is 0.0830. The quantitative estimate of drug-likeness (QED) is 0.503. The zero-order chi connectivity index (χ0) is 16.3. The van der Waals surface area contributed by atoms with Crippen LogP contribution >= 0.6 is 10.8 Å². The molecule has 1 N–H and O–H groups in total. The van der Waals surface area contributed by atoms with Crippen molar-refractivity contribution in [3.63, 3.8) is 0 Å². The molecule has 0 heterocycles. The van der Waals surface area contributed by atoms with E-state index in [1.165, 1.54) is 6.92 Å². The summed E-state index contributed by atoms with van der Waals surface area (Å²) in [5.74, 6) is -1.06. The molecule has 10 heteroatoms. The molecule has 0 amide bonds. The molecule has 0 bridgehead atoms. The Morgan fingerprint density at radius 3 is 2.52 bits per heavy atom. The van der Waals surface area contributed by atoms with Crippen LogP contribution in [0, 0.1) is 0 Å². The summed E-state index contributed by atoms with van der Waals surface area (Å²) in [4.78, 5) is 11.7. The number of carbonyl (C=O) groups excluding carboxylic acids is 1. The average Bonchev–Trinajstić information content (AvgIpc) is 2.34. The van der Waals surface area contributed by atoms with Gasteiger partial charge in [0.1, 0.15) is 5.25 Å². The van der Waals surface area contributed by atoms with Crippen LogP contribution in [0.15, 0.2) is 24.3 Å². The minimum atomic E-state index is -4.65. The lowest BCUT2D eigenvalue weighted by molar-refractivity contribution is -0.143. The zero-order valence-corrected chi connectivity index (χ0v) is 12.3. The highest BCUT2D eigenvalue weighted by molar-refractivity contribution is 8.70. The Balaban J connectivity index is 3.23. The Kier molecular flexibility index (Phi) is 5.65. The predicted octanol–water partition coefficient (Wildman–Crippen LogP) is 2.85. The molecule has 0 radical (unpaired) electrons. The van der Waals surface area contributed by atoms with E-state index in [0.717, 1.165) is 18.2 Å². The Bertz CT molecular complexity index is 613. The van der Waals surface area contributed by atoms with Gasteiger partial charge in [-0.05, 0) is 18.6 Å². The van der Waals surface area contributed by atoms with Crippen LogP contribution in [0.2, 0.25) is 0 Å². The molecule has 0 spiro atoms. The van der Waals surface area contributed by atoms with Crippen LogP contribution in [0.5, 0.6) is 0 Å². The third kappa shape index (κ3) is 5.56. The normalized spacial score (nSPS) is 13.8. The summed E-state index contributed by atoms with van der Waals surface area (Å²) in [5.41, 5.74) is -1.27. The highest BCUT2D eigenvalue weighted by Crippen LogP contribution is 2.37. The molecule has 5 nitrogen and oxygen atoms in total. The van der Waals surface area contributed by atoms with E-state index < -0.39 is 32.1 Å². The van der Waals surface area contributed by atoms with Gasteiger partial charge in [-0.2, -0.15) is 21.6 Å². The molecule has 118 valence electrons. The molecule has 0 aliphatic rings. The van der Waals surface area contributed by atoms with Crippen LogP contribution in [0.4, 0.5) is 13.2 Å². The van der Waals surface area contributed by atoms with E-state index in [9.17, 15) is 26.4 Å². The van der Waals surface area contributed by atoms with Gasteiger partial charge >= 0.3 is 21.3 Å². The third-order valence-electron chi connectivity index (χ3n) is 2.24. The van der Waals surface area contributed by atoms with Crippen molar-refractivity contribution in [2.45, 2.75) is 18.3 Å². The Morgan fingerprint density at radius 1 is 1.43 bits per heavy atom. The summed E-state index contributed by atoms with van der Waals surface area (Å²) in [7, 11) is -4.84. The standard InChI is InChI=1S/C11H11F3O5S2/c1-2-19-10(15)9(20-21(16,17)18)7-4-3-5-8(6-7)11(12,13)14/h3-6,9H,2H2,1H3,(H,16,17,18). The van der Waals surface area contributed by atoms with Crippen molar-refractivity contribution in [2.75, 3.05) is 6.61 Å². The van der Waals surface area contributed by atoms with Crippen LogP contribution in [0.25, 0.3) is 0 Å². The second-order valence-electron chi connectivity index (χ2n) is 3.78. The summed E-state index contributed by atoms with van der Waals surface area (Å²) >= 11 is 0. The van der Waals surface area contributed by atoms with Crippen LogP contribution in [0.3, 0.4) is 0 Å². The fourth-order valence-electron chi connectivity index (χ4n) is 1.45. The van der Waals surface area contributed by atoms with E-state index in [1.54, 1.807) is 0 Å². The fraction of sp³-hybridized carbons (Fsp3) is 0.364. The second-order valence-corrected chi connectivity index (χ2v) is 7.14. The second kappa shape index (κ2) is 6.67. The maximum Gasteiger partial charge on any atom is 0.416 e. The number of rotatable bonds is 5. The third-order valence-corrected chi connectivity index (χ3v) is 4.44. The molecule has 1 rings (SSSR count). The van der Waals surface area contributed by atoms with Gasteiger partial charge in [0.05, 0.1) is 12.2 Å². The summed E-state index contributed by atoms with van der Waals surface area (Å²) in [6.45, 7) is 1.37. The Morgan fingerprint density at radius 2 is 2.05 bits per heavy atom. The zero-order valence-electron chi connectivity index (χ0n) is 10.6. The number of esters is 1. The van der Waals surface area contributed by atoms with Gasteiger partial charge in [0.15, 0.2) is 0 Å². The van der Waals surface area contributed by atoms with Crippen LogP contribution in [-0.2, 0) is 24.9 Å². The van der Waals surface area contributed by atoms with E-state index in [0.29, 0.717) is 6.07 Å². The van der Waals surface area contributed by atoms with Crippen molar-refractivity contribution in [3.8, 4) is 0 Å². The average molecular weight is 344 g/mol. The number of ether oxygens (including phenoxy) is 1. The first-order valence-corrected chi connectivity index (χ1v) is 8.37. The first kappa shape index (κ1) is 17.8. The van der Waals surface area contributed by atoms with Crippen molar-refractivity contribution in [1.82, 2.24) is 0 Å². The lowest BCUT2D eigenvalue weighted by atomic mass is 10.1. The van der Waals surface area contributed by atoms with Gasteiger partial charge in [-0.1, -0.05) is 18.2 Å². The molecule has 1 aromatic carbocycles. The van der Waals surface area contributed by atoms with Crippen molar-refractivity contribution in [3.05, 3.63) is 35.4 Å². The Labute approximate surface area is 122 Å². The van der Waals surface area contributed by atoms with Gasteiger partial charge in [-0.3, -0.25) is 9.35 Å². The number of hydrogen-bond donors (Lipinski definition) is 1. The highest BCUT2D eigenvalue weighted by atomic mass is 33.1. The van der Waals surface area contributed by atoms with Gasteiger partial charge in [0, 0.05) is 10.8 Å². The van der Waals surface area contributed by atoms with Crippen molar-refractivity contribution >= 4 is 25.9 Å². The molecule has 0 aliphatic carbocycles. The SMILES string of the molecule is CCOC(=O)C(SS(=O)(=O)O)c1cccc(C(F)(F)F)c1. The van der Waals surface area contributed by atoms with E-state index in [4.69, 9.17) is 4.55 Å². The molecule has 21 heavy (non-hydrogen) atoms. The Hall–Kier alpha value is -1.26. The monoisotopic (exact) mass is 344 g/mol. The van der Waals surface area contributed by atoms with Crippen LogP contribution < -0.4 is 0 Å². The van der Waals surface area contributed by atoms with Crippen LogP contribution in [0.1, 0.15) is 23.3 Å². The van der Waals surface area contributed by atoms with Crippen LogP contribution in [-0.4, -0.2) is 25.5 Å². The largest absolute Gasteiger partial charge is 0.465 e. The van der Waals surface area contributed by atoms with E-state index in [-0.39, 0.29) is 23.0 Å². The minimum Gasteiger partial charge on any atom is -0.465 e. The number of hydrogen-bond acceptors (Lipinski definition) is 5. The molecule has 0 aromatic heterocycles. The number of halogens is 3. The smallest absolute Gasteiger partial charge is 0.416 e.